The Labute approximate surface area is 173 Å². The quantitative estimate of drug-likeness (QED) is 0.429. The molecule has 30 heavy (non-hydrogen) atoms. The van der Waals surface area contributed by atoms with E-state index in [2.05, 4.69) is 0 Å². The molecule has 2 heterocycles. The lowest BCUT2D eigenvalue weighted by Gasteiger charge is -2.26. The number of nitrogens with two attached hydrogens (primary N) is 1. The SMILES string of the molecule is NS(=O)(=O)c1ccc(C(=O)OCCOc2ccc(S(=O)(=O)N3CCOCC3)cc2)o1. The maximum atomic E-state index is 12.6. The van der Waals surface area contributed by atoms with Crippen molar-refractivity contribution in [1.82, 2.24) is 4.31 Å². The van der Waals surface area contributed by atoms with Gasteiger partial charge in [-0.05, 0) is 36.4 Å². The normalized spacial score (nSPS) is 15.6. The van der Waals surface area contributed by atoms with E-state index >= 15 is 0 Å². The lowest BCUT2D eigenvalue weighted by molar-refractivity contribution is 0.0409. The fourth-order valence-electron chi connectivity index (χ4n) is 2.59. The number of sulfonamides is 2. The number of nitrogens with zero attached hydrogens (tertiary/aromatic N) is 1. The van der Waals surface area contributed by atoms with Gasteiger partial charge in [-0.15, -0.1) is 0 Å². The molecule has 0 atom stereocenters. The highest BCUT2D eigenvalue weighted by molar-refractivity contribution is 7.89. The topological polar surface area (TPSA) is 155 Å². The lowest BCUT2D eigenvalue weighted by Crippen LogP contribution is -2.40. The smallest absolute Gasteiger partial charge is 0.374 e. The van der Waals surface area contributed by atoms with Gasteiger partial charge in [0.15, 0.2) is 0 Å². The summed E-state index contributed by atoms with van der Waals surface area (Å²) < 4.78 is 69.0. The number of carbonyl (C=O) groups excluding carboxylic acids is 1. The van der Waals surface area contributed by atoms with Gasteiger partial charge < -0.3 is 18.6 Å². The molecule has 0 saturated carbocycles. The molecule has 164 valence electrons. The maximum absolute atomic E-state index is 12.6. The zero-order chi connectivity index (χ0) is 21.8. The number of hydrogen-bond acceptors (Lipinski definition) is 9. The highest BCUT2D eigenvalue weighted by Gasteiger charge is 2.26. The second kappa shape index (κ2) is 9.14. The number of carbonyl (C=O) groups is 1. The van der Waals surface area contributed by atoms with Gasteiger partial charge in [0.2, 0.25) is 20.9 Å². The van der Waals surface area contributed by atoms with E-state index in [-0.39, 0.29) is 23.9 Å². The van der Waals surface area contributed by atoms with Crippen molar-refractivity contribution in [3.63, 3.8) is 0 Å². The van der Waals surface area contributed by atoms with Gasteiger partial charge in [0, 0.05) is 13.1 Å². The van der Waals surface area contributed by atoms with E-state index in [0.717, 1.165) is 12.1 Å². The second-order valence-corrected chi connectivity index (χ2v) is 9.57. The van der Waals surface area contributed by atoms with E-state index in [1.165, 1.54) is 28.6 Å². The summed E-state index contributed by atoms with van der Waals surface area (Å²) in [5.74, 6) is -0.793. The number of furan rings is 1. The zero-order valence-corrected chi connectivity index (χ0v) is 17.4. The molecular weight excluding hydrogens is 440 g/mol. The van der Waals surface area contributed by atoms with Gasteiger partial charge in [0.1, 0.15) is 19.0 Å². The largest absolute Gasteiger partial charge is 0.490 e. The van der Waals surface area contributed by atoms with E-state index in [1.807, 2.05) is 0 Å². The molecule has 1 fully saturated rings. The Hall–Kier alpha value is -2.45. The summed E-state index contributed by atoms with van der Waals surface area (Å²) in [6, 6.07) is 8.05. The Balaban J connectivity index is 1.48. The molecule has 0 bridgehead atoms. The molecule has 2 aromatic rings. The molecular formula is C17H20N2O9S2. The summed E-state index contributed by atoms with van der Waals surface area (Å²) in [6.07, 6.45) is 0. The van der Waals surface area contributed by atoms with Gasteiger partial charge in [-0.1, -0.05) is 0 Å². The Morgan fingerprint density at radius 1 is 1.00 bits per heavy atom. The summed E-state index contributed by atoms with van der Waals surface area (Å²) in [7, 11) is -7.64. The number of morpholine rings is 1. The van der Waals surface area contributed by atoms with Crippen LogP contribution in [0.1, 0.15) is 10.6 Å². The number of hydrogen-bond donors (Lipinski definition) is 1. The molecule has 1 saturated heterocycles. The minimum atomic E-state index is -4.05. The minimum absolute atomic E-state index is 0.00987. The van der Waals surface area contributed by atoms with Gasteiger partial charge >= 0.3 is 5.97 Å². The van der Waals surface area contributed by atoms with Crippen LogP contribution in [0.2, 0.25) is 0 Å². The third kappa shape index (κ3) is 5.37. The Kier molecular flexibility index (Phi) is 6.77. The van der Waals surface area contributed by atoms with Crippen molar-refractivity contribution >= 4 is 26.0 Å². The summed E-state index contributed by atoms with van der Waals surface area (Å²) in [5.41, 5.74) is 0. The van der Waals surface area contributed by atoms with Crippen molar-refractivity contribution in [3.8, 4) is 5.75 Å². The fourth-order valence-corrected chi connectivity index (χ4v) is 4.46. The Bertz CT molecular complexity index is 1090. The van der Waals surface area contributed by atoms with Gasteiger partial charge in [-0.2, -0.15) is 4.31 Å². The molecule has 3 rings (SSSR count). The van der Waals surface area contributed by atoms with Crippen molar-refractivity contribution in [1.29, 1.82) is 0 Å². The first-order valence-electron chi connectivity index (χ1n) is 8.78. The third-order valence-corrected chi connectivity index (χ3v) is 6.77. The molecule has 0 amide bonds. The van der Waals surface area contributed by atoms with Gasteiger partial charge in [-0.3, -0.25) is 0 Å². The molecule has 0 unspecified atom stereocenters. The van der Waals surface area contributed by atoms with E-state index in [0.29, 0.717) is 32.1 Å². The number of esters is 1. The summed E-state index contributed by atoms with van der Waals surface area (Å²) in [5, 5.41) is 4.35. The number of benzene rings is 1. The molecule has 1 aromatic heterocycles. The van der Waals surface area contributed by atoms with Crippen molar-refractivity contribution in [2.24, 2.45) is 5.14 Å². The van der Waals surface area contributed by atoms with Gasteiger partial charge in [0.05, 0.1) is 18.1 Å². The van der Waals surface area contributed by atoms with Crippen LogP contribution in [-0.2, 0) is 29.5 Å². The molecule has 0 radical (unpaired) electrons. The van der Waals surface area contributed by atoms with Crippen LogP contribution in [-0.4, -0.2) is 66.6 Å². The van der Waals surface area contributed by atoms with E-state index < -0.39 is 31.1 Å². The van der Waals surface area contributed by atoms with Gasteiger partial charge in [0.25, 0.3) is 10.0 Å². The van der Waals surface area contributed by atoms with Crippen LogP contribution < -0.4 is 9.88 Å². The monoisotopic (exact) mass is 460 g/mol. The fraction of sp³-hybridized carbons (Fsp3) is 0.353. The van der Waals surface area contributed by atoms with Crippen LogP contribution in [0.25, 0.3) is 0 Å². The molecule has 13 heteroatoms. The van der Waals surface area contributed by atoms with E-state index in [4.69, 9.17) is 23.8 Å². The van der Waals surface area contributed by atoms with E-state index in [9.17, 15) is 21.6 Å². The Morgan fingerprint density at radius 2 is 1.67 bits per heavy atom. The first kappa shape index (κ1) is 22.2. The Morgan fingerprint density at radius 3 is 2.27 bits per heavy atom. The summed E-state index contributed by atoms with van der Waals surface area (Å²) >= 11 is 0. The lowest BCUT2D eigenvalue weighted by atomic mass is 10.3. The molecule has 2 N–H and O–H groups in total. The predicted molar refractivity (Wildman–Crippen MR) is 102 cm³/mol. The summed E-state index contributed by atoms with van der Waals surface area (Å²) in [6.45, 7) is 1.18. The highest BCUT2D eigenvalue weighted by atomic mass is 32.2. The maximum Gasteiger partial charge on any atom is 0.374 e. The number of primary sulfonamides is 1. The first-order valence-corrected chi connectivity index (χ1v) is 11.8. The minimum Gasteiger partial charge on any atom is -0.490 e. The van der Waals surface area contributed by atoms with Crippen molar-refractivity contribution in [2.75, 3.05) is 39.5 Å². The molecule has 11 nitrogen and oxygen atoms in total. The second-order valence-electron chi connectivity index (χ2n) is 6.14. The predicted octanol–water partition coefficient (Wildman–Crippen LogP) is 0.184. The van der Waals surface area contributed by atoms with Crippen molar-refractivity contribution < 1.29 is 40.3 Å². The zero-order valence-electron chi connectivity index (χ0n) is 15.7. The molecule has 0 spiro atoms. The number of rotatable bonds is 8. The standard InChI is InChI=1S/C17H20N2O9S2/c18-29(21,22)16-6-5-15(28-16)17(20)27-12-11-26-13-1-3-14(4-2-13)30(23,24)19-7-9-25-10-8-19/h1-6H,7-12H2,(H2,18,21,22). The summed E-state index contributed by atoms with van der Waals surface area (Å²) in [4.78, 5) is 12.0. The van der Waals surface area contributed by atoms with Crippen LogP contribution in [0.4, 0.5) is 0 Å². The van der Waals surface area contributed by atoms with Crippen LogP contribution in [0.15, 0.2) is 50.8 Å². The average molecular weight is 460 g/mol. The third-order valence-electron chi connectivity index (χ3n) is 4.08. The molecule has 1 aliphatic heterocycles. The molecule has 0 aliphatic carbocycles. The number of ether oxygens (including phenoxy) is 3. The van der Waals surface area contributed by atoms with Crippen LogP contribution in [0, 0.1) is 0 Å². The van der Waals surface area contributed by atoms with E-state index in [1.54, 1.807) is 0 Å². The van der Waals surface area contributed by atoms with Gasteiger partial charge in [-0.25, -0.2) is 26.8 Å². The molecule has 1 aliphatic rings. The van der Waals surface area contributed by atoms with Crippen LogP contribution >= 0.6 is 0 Å². The van der Waals surface area contributed by atoms with Crippen molar-refractivity contribution in [2.45, 2.75) is 9.99 Å². The average Bonchev–Trinajstić information content (AvgIpc) is 3.23. The molecule has 1 aromatic carbocycles. The van der Waals surface area contributed by atoms with Crippen LogP contribution in [0.5, 0.6) is 5.75 Å². The highest BCUT2D eigenvalue weighted by Crippen LogP contribution is 2.20. The first-order chi connectivity index (χ1) is 14.2. The van der Waals surface area contributed by atoms with Crippen molar-refractivity contribution in [3.05, 3.63) is 42.2 Å². The van der Waals surface area contributed by atoms with Crippen LogP contribution in [0.3, 0.4) is 0 Å².